The van der Waals surface area contributed by atoms with E-state index in [1.165, 1.54) is 96.8 Å². The third-order valence-electron chi connectivity index (χ3n) is 4.07. The van der Waals surface area contributed by atoms with Gasteiger partial charge in [-0.3, -0.25) is 0 Å². The Morgan fingerprint density at radius 2 is 1.20 bits per heavy atom. The Morgan fingerprint density at radius 3 is 1.56 bits per heavy atom. The Hall–Kier alpha value is -0.870. The first kappa shape index (κ1) is 26.4. The van der Waals surface area contributed by atoms with E-state index in [-0.39, 0.29) is 0 Å². The van der Waals surface area contributed by atoms with Crippen molar-refractivity contribution in [3.05, 3.63) is 12.2 Å². The molecule has 1 atom stereocenters. The van der Waals surface area contributed by atoms with Gasteiger partial charge in [-0.15, -0.1) is 0 Å². The van der Waals surface area contributed by atoms with Crippen LogP contribution < -0.4 is 5.73 Å². The standard InChI is InChI=1S/C18H37N.C3H6O3/c1-2-3-4-5-6-7-8-9-10-11-12-13-14-15-16-17-18-19;1-2(4)3(5)6/h9-10H,2-8,11-19H2,1H3;2,4H,1H3,(H,5,6)/b10-9-;. The fourth-order valence-corrected chi connectivity index (χ4v) is 2.39. The molecule has 150 valence electrons. The maximum Gasteiger partial charge on any atom is 0.332 e. The number of hydrogen-bond acceptors (Lipinski definition) is 3. The topological polar surface area (TPSA) is 83.5 Å². The third-order valence-corrected chi connectivity index (χ3v) is 4.07. The zero-order valence-corrected chi connectivity index (χ0v) is 16.7. The number of unbranched alkanes of at least 4 members (excludes halogenated alkanes) is 12. The minimum Gasteiger partial charge on any atom is -0.479 e. The summed E-state index contributed by atoms with van der Waals surface area (Å²) in [6, 6.07) is 0. The second-order valence-corrected chi connectivity index (χ2v) is 6.74. The van der Waals surface area contributed by atoms with E-state index in [1.807, 2.05) is 0 Å². The van der Waals surface area contributed by atoms with Crippen molar-refractivity contribution in [3.63, 3.8) is 0 Å². The summed E-state index contributed by atoms with van der Waals surface area (Å²) in [4.78, 5) is 9.45. The van der Waals surface area contributed by atoms with E-state index < -0.39 is 12.1 Å². The van der Waals surface area contributed by atoms with Gasteiger partial charge in [-0.05, 0) is 45.6 Å². The Balaban J connectivity index is 0. The SMILES string of the molecule is CC(O)C(=O)O.CCCCCCCC/C=C\CCCCCCCCN. The van der Waals surface area contributed by atoms with Crippen molar-refractivity contribution < 1.29 is 15.0 Å². The van der Waals surface area contributed by atoms with Crippen LogP contribution in [0.2, 0.25) is 0 Å². The largest absolute Gasteiger partial charge is 0.479 e. The summed E-state index contributed by atoms with van der Waals surface area (Å²) in [6.45, 7) is 4.34. The van der Waals surface area contributed by atoms with Crippen molar-refractivity contribution in [1.29, 1.82) is 0 Å². The van der Waals surface area contributed by atoms with Crippen molar-refractivity contribution in [1.82, 2.24) is 0 Å². The molecule has 0 rings (SSSR count). The molecule has 0 heterocycles. The highest BCUT2D eigenvalue weighted by molar-refractivity contribution is 5.71. The molecule has 1 unspecified atom stereocenters. The molecule has 0 aromatic rings. The van der Waals surface area contributed by atoms with E-state index >= 15 is 0 Å². The fraction of sp³-hybridized carbons (Fsp3) is 0.857. The third kappa shape index (κ3) is 28.2. The van der Waals surface area contributed by atoms with Crippen LogP contribution in [0.25, 0.3) is 0 Å². The highest BCUT2D eigenvalue weighted by Gasteiger charge is 2.01. The molecule has 0 aromatic heterocycles. The van der Waals surface area contributed by atoms with Gasteiger partial charge >= 0.3 is 5.97 Å². The van der Waals surface area contributed by atoms with Crippen LogP contribution in [0.5, 0.6) is 0 Å². The van der Waals surface area contributed by atoms with Crippen molar-refractivity contribution in [2.75, 3.05) is 6.54 Å². The van der Waals surface area contributed by atoms with Crippen LogP contribution in [-0.2, 0) is 4.79 Å². The molecular weight excluding hydrogens is 314 g/mol. The van der Waals surface area contributed by atoms with Gasteiger partial charge in [-0.25, -0.2) is 4.79 Å². The first-order valence-electron chi connectivity index (χ1n) is 10.3. The molecule has 0 radical (unpaired) electrons. The molecule has 0 aliphatic heterocycles. The van der Waals surface area contributed by atoms with Crippen molar-refractivity contribution in [2.45, 2.75) is 110 Å². The number of hydrogen-bond donors (Lipinski definition) is 3. The van der Waals surface area contributed by atoms with Crippen LogP contribution >= 0.6 is 0 Å². The highest BCUT2D eigenvalue weighted by atomic mass is 16.4. The summed E-state index contributed by atoms with van der Waals surface area (Å²) in [6.07, 6.45) is 22.7. The minimum absolute atomic E-state index is 0.862. The summed E-state index contributed by atoms with van der Waals surface area (Å²) in [5.74, 6) is -1.19. The summed E-state index contributed by atoms with van der Waals surface area (Å²) in [5, 5.41) is 15.8. The summed E-state index contributed by atoms with van der Waals surface area (Å²) < 4.78 is 0. The van der Waals surface area contributed by atoms with Crippen LogP contribution in [-0.4, -0.2) is 28.8 Å². The Kier molecular flexibility index (Phi) is 24.4. The molecule has 0 aliphatic rings. The van der Waals surface area contributed by atoms with E-state index in [9.17, 15) is 4.79 Å². The van der Waals surface area contributed by atoms with E-state index in [0.717, 1.165) is 6.54 Å². The Labute approximate surface area is 155 Å². The van der Waals surface area contributed by atoms with Gasteiger partial charge in [-0.2, -0.15) is 0 Å². The summed E-state index contributed by atoms with van der Waals surface area (Å²) in [7, 11) is 0. The lowest BCUT2D eigenvalue weighted by Gasteiger charge is -1.99. The molecule has 0 fully saturated rings. The lowest BCUT2D eigenvalue weighted by Crippen LogP contribution is -2.13. The molecule has 0 bridgehead atoms. The second-order valence-electron chi connectivity index (χ2n) is 6.74. The fourth-order valence-electron chi connectivity index (χ4n) is 2.39. The Bertz CT molecular complexity index is 291. The van der Waals surface area contributed by atoms with E-state index in [1.54, 1.807) is 0 Å². The molecule has 0 saturated carbocycles. The van der Waals surface area contributed by atoms with Crippen molar-refractivity contribution >= 4 is 5.97 Å². The van der Waals surface area contributed by atoms with Gasteiger partial charge in [0, 0.05) is 0 Å². The molecule has 0 spiro atoms. The van der Waals surface area contributed by atoms with E-state index in [4.69, 9.17) is 15.9 Å². The first-order valence-corrected chi connectivity index (χ1v) is 10.3. The van der Waals surface area contributed by atoms with E-state index in [0.29, 0.717) is 0 Å². The predicted molar refractivity (Wildman–Crippen MR) is 108 cm³/mol. The number of carboxylic acids is 1. The van der Waals surface area contributed by atoms with Gasteiger partial charge in [-0.1, -0.05) is 76.9 Å². The molecule has 4 nitrogen and oxygen atoms in total. The normalized spacial score (nSPS) is 12.0. The lowest BCUT2D eigenvalue weighted by atomic mass is 10.1. The molecule has 4 N–H and O–H groups in total. The van der Waals surface area contributed by atoms with E-state index in [2.05, 4.69) is 19.1 Å². The van der Waals surface area contributed by atoms with Gasteiger partial charge in [0.25, 0.3) is 0 Å². The number of allylic oxidation sites excluding steroid dienone is 2. The van der Waals surface area contributed by atoms with Gasteiger partial charge in [0.05, 0.1) is 0 Å². The monoisotopic (exact) mass is 357 g/mol. The highest BCUT2D eigenvalue weighted by Crippen LogP contribution is 2.09. The number of carboxylic acid groups (broad SMARTS) is 1. The maximum absolute atomic E-state index is 9.45. The molecule has 0 amide bonds. The van der Waals surface area contributed by atoms with Crippen LogP contribution in [0.15, 0.2) is 12.2 Å². The molecule has 4 heteroatoms. The smallest absolute Gasteiger partial charge is 0.332 e. The number of carbonyl (C=O) groups is 1. The van der Waals surface area contributed by atoms with Gasteiger partial charge in [0.1, 0.15) is 6.10 Å². The first-order chi connectivity index (χ1) is 12.1. The molecule has 0 saturated heterocycles. The number of aliphatic hydroxyl groups is 1. The quantitative estimate of drug-likeness (QED) is 0.254. The van der Waals surface area contributed by atoms with Crippen molar-refractivity contribution in [2.24, 2.45) is 5.73 Å². The average molecular weight is 358 g/mol. The minimum atomic E-state index is -1.23. The number of rotatable bonds is 16. The van der Waals surface area contributed by atoms with Crippen LogP contribution in [0.4, 0.5) is 0 Å². The van der Waals surface area contributed by atoms with Gasteiger partial charge in [0.2, 0.25) is 0 Å². The maximum atomic E-state index is 9.45. The Morgan fingerprint density at radius 1 is 0.840 bits per heavy atom. The number of nitrogens with two attached hydrogens (primary N) is 1. The lowest BCUT2D eigenvalue weighted by molar-refractivity contribution is -0.145. The number of aliphatic carboxylic acids is 1. The summed E-state index contributed by atoms with van der Waals surface area (Å²) >= 11 is 0. The zero-order valence-electron chi connectivity index (χ0n) is 16.7. The summed E-state index contributed by atoms with van der Waals surface area (Å²) in [5.41, 5.74) is 5.47. The van der Waals surface area contributed by atoms with Crippen molar-refractivity contribution in [3.8, 4) is 0 Å². The number of aliphatic hydroxyl groups excluding tert-OH is 1. The molecular formula is C21H43NO3. The molecule has 0 aliphatic carbocycles. The van der Waals surface area contributed by atoms with Gasteiger partial charge < -0.3 is 15.9 Å². The average Bonchev–Trinajstić information content (AvgIpc) is 2.59. The van der Waals surface area contributed by atoms with Crippen LogP contribution in [0, 0.1) is 0 Å². The second kappa shape index (κ2) is 23.1. The predicted octanol–water partition coefficient (Wildman–Crippen LogP) is 5.43. The molecule has 25 heavy (non-hydrogen) atoms. The van der Waals surface area contributed by atoms with Gasteiger partial charge in [0.15, 0.2) is 0 Å². The van der Waals surface area contributed by atoms with Crippen LogP contribution in [0.1, 0.15) is 104 Å². The van der Waals surface area contributed by atoms with Crippen LogP contribution in [0.3, 0.4) is 0 Å². The molecule has 0 aromatic carbocycles. The zero-order chi connectivity index (χ0) is 19.2.